The second-order valence-electron chi connectivity index (χ2n) is 9.17. The van der Waals surface area contributed by atoms with Crippen LogP contribution in [0, 0.1) is 29.6 Å². The molecule has 5 heteroatoms. The molecule has 1 aromatic heterocycles. The van der Waals surface area contributed by atoms with Gasteiger partial charge in [0.15, 0.2) is 0 Å². The third kappa shape index (κ3) is 2.40. The Balaban J connectivity index is 1.31. The van der Waals surface area contributed by atoms with Crippen LogP contribution < -0.4 is 5.43 Å². The molecular weight excluding hydrogens is 336 g/mol. The van der Waals surface area contributed by atoms with E-state index in [9.17, 15) is 4.79 Å². The number of aromatic nitrogens is 2. The van der Waals surface area contributed by atoms with E-state index < -0.39 is 0 Å². The fourth-order valence-corrected chi connectivity index (χ4v) is 6.99. The van der Waals surface area contributed by atoms with Gasteiger partial charge in [-0.15, -0.1) is 0 Å². The SMILES string of the molecule is O=C1C2CCCC3C4CCCCC4C(NN1Cc1nc4ccccc4[nH]1)C23. The first-order valence-corrected chi connectivity index (χ1v) is 10.8. The molecule has 6 rings (SSSR count). The van der Waals surface area contributed by atoms with Gasteiger partial charge in [-0.05, 0) is 61.5 Å². The summed E-state index contributed by atoms with van der Waals surface area (Å²) in [6, 6.07) is 8.58. The standard InChI is InChI=1S/C22H28N4O/c27-22-16-9-5-8-14-13-6-1-2-7-15(13)21(20(14)16)25-26(22)12-19-23-17-10-3-4-11-18(17)24-19/h3-4,10-11,13-16,20-21,25H,1-2,5-9,12H2,(H,23,24). The Morgan fingerprint density at radius 2 is 1.81 bits per heavy atom. The van der Waals surface area contributed by atoms with Gasteiger partial charge in [0.2, 0.25) is 5.91 Å². The molecule has 3 aliphatic carbocycles. The lowest BCUT2D eigenvalue weighted by Crippen LogP contribution is -2.61. The zero-order chi connectivity index (χ0) is 18.0. The predicted molar refractivity (Wildman–Crippen MR) is 103 cm³/mol. The molecule has 1 amide bonds. The highest BCUT2D eigenvalue weighted by atomic mass is 16.2. The molecule has 0 bridgehead atoms. The topological polar surface area (TPSA) is 61.0 Å². The molecule has 3 saturated carbocycles. The van der Waals surface area contributed by atoms with Crippen molar-refractivity contribution in [2.24, 2.45) is 29.6 Å². The molecule has 0 spiro atoms. The number of nitrogens with one attached hydrogen (secondary N) is 2. The highest BCUT2D eigenvalue weighted by Gasteiger charge is 2.58. The summed E-state index contributed by atoms with van der Waals surface area (Å²) in [6.45, 7) is 0.537. The number of hydrazine groups is 1. The molecule has 2 N–H and O–H groups in total. The molecule has 4 aliphatic rings. The van der Waals surface area contributed by atoms with E-state index in [0.29, 0.717) is 24.4 Å². The van der Waals surface area contributed by atoms with Crippen molar-refractivity contribution in [1.29, 1.82) is 0 Å². The van der Waals surface area contributed by atoms with Gasteiger partial charge in [0.1, 0.15) is 5.82 Å². The summed E-state index contributed by atoms with van der Waals surface area (Å²) in [4.78, 5) is 21.4. The van der Waals surface area contributed by atoms with Crippen LogP contribution in [-0.2, 0) is 11.3 Å². The third-order valence-electron chi connectivity index (χ3n) is 7.95. The average molecular weight is 364 g/mol. The summed E-state index contributed by atoms with van der Waals surface area (Å²) >= 11 is 0. The smallest absolute Gasteiger partial charge is 0.240 e. The number of hydrogen-bond acceptors (Lipinski definition) is 3. The van der Waals surface area contributed by atoms with Crippen LogP contribution in [0.2, 0.25) is 0 Å². The van der Waals surface area contributed by atoms with Crippen LogP contribution in [0.3, 0.4) is 0 Å². The van der Waals surface area contributed by atoms with Crippen molar-refractivity contribution in [1.82, 2.24) is 20.4 Å². The van der Waals surface area contributed by atoms with Crippen LogP contribution in [0.1, 0.15) is 50.8 Å². The van der Waals surface area contributed by atoms with E-state index in [2.05, 4.69) is 10.4 Å². The number of para-hydroxylation sites is 2. The van der Waals surface area contributed by atoms with Crippen molar-refractivity contribution in [3.63, 3.8) is 0 Å². The van der Waals surface area contributed by atoms with Crippen molar-refractivity contribution >= 4 is 16.9 Å². The molecule has 6 unspecified atom stereocenters. The second-order valence-corrected chi connectivity index (χ2v) is 9.17. The molecule has 6 atom stereocenters. The summed E-state index contributed by atoms with van der Waals surface area (Å²) in [5, 5.41) is 1.91. The first-order chi connectivity index (χ1) is 13.3. The number of amides is 1. The van der Waals surface area contributed by atoms with Gasteiger partial charge in [-0.25, -0.2) is 10.4 Å². The predicted octanol–water partition coefficient (Wildman–Crippen LogP) is 3.63. The number of fused-ring (bicyclic) bond motifs is 4. The molecular formula is C22H28N4O. The Morgan fingerprint density at radius 1 is 1.00 bits per heavy atom. The molecule has 1 aromatic carbocycles. The summed E-state index contributed by atoms with van der Waals surface area (Å²) in [6.07, 6.45) is 9.13. The first kappa shape index (κ1) is 16.1. The van der Waals surface area contributed by atoms with Crippen molar-refractivity contribution in [2.75, 3.05) is 0 Å². The maximum absolute atomic E-state index is 13.3. The number of hydrogen-bond donors (Lipinski definition) is 2. The van der Waals surface area contributed by atoms with E-state index in [1.807, 2.05) is 29.3 Å². The lowest BCUT2D eigenvalue weighted by atomic mass is 9.68. The largest absolute Gasteiger partial charge is 0.340 e. The molecule has 0 radical (unpaired) electrons. The van der Waals surface area contributed by atoms with Gasteiger partial charge < -0.3 is 4.98 Å². The number of carbonyl (C=O) groups is 1. The lowest BCUT2D eigenvalue weighted by Gasteiger charge is -2.45. The molecule has 2 aromatic rings. The van der Waals surface area contributed by atoms with Gasteiger partial charge >= 0.3 is 0 Å². The Hall–Kier alpha value is -1.88. The van der Waals surface area contributed by atoms with Gasteiger partial charge in [-0.2, -0.15) is 0 Å². The third-order valence-corrected chi connectivity index (χ3v) is 7.95. The maximum Gasteiger partial charge on any atom is 0.240 e. The van der Waals surface area contributed by atoms with Crippen molar-refractivity contribution < 1.29 is 4.79 Å². The first-order valence-electron chi connectivity index (χ1n) is 10.8. The number of carbonyl (C=O) groups excluding carboxylic acids is 1. The summed E-state index contributed by atoms with van der Waals surface area (Å²) in [5.41, 5.74) is 5.72. The summed E-state index contributed by atoms with van der Waals surface area (Å²) in [5.74, 6) is 4.38. The van der Waals surface area contributed by atoms with Crippen LogP contribution in [0.4, 0.5) is 0 Å². The minimum absolute atomic E-state index is 0.227. The monoisotopic (exact) mass is 364 g/mol. The van der Waals surface area contributed by atoms with Crippen LogP contribution >= 0.6 is 0 Å². The van der Waals surface area contributed by atoms with Crippen LogP contribution in [0.5, 0.6) is 0 Å². The summed E-state index contributed by atoms with van der Waals surface area (Å²) in [7, 11) is 0. The molecule has 4 fully saturated rings. The zero-order valence-corrected chi connectivity index (χ0v) is 15.7. The fourth-order valence-electron chi connectivity index (χ4n) is 6.99. The highest BCUT2D eigenvalue weighted by molar-refractivity contribution is 5.80. The second kappa shape index (κ2) is 6.06. The van der Waals surface area contributed by atoms with E-state index >= 15 is 0 Å². The van der Waals surface area contributed by atoms with Crippen molar-refractivity contribution in [2.45, 2.75) is 57.5 Å². The molecule has 1 aliphatic heterocycles. The molecule has 1 saturated heterocycles. The van der Waals surface area contributed by atoms with Crippen molar-refractivity contribution in [3.8, 4) is 0 Å². The Morgan fingerprint density at radius 3 is 2.70 bits per heavy atom. The number of benzene rings is 1. The lowest BCUT2D eigenvalue weighted by molar-refractivity contribution is -0.152. The van der Waals surface area contributed by atoms with E-state index in [0.717, 1.165) is 41.0 Å². The van der Waals surface area contributed by atoms with E-state index in [1.54, 1.807) is 0 Å². The Labute approximate surface area is 159 Å². The van der Waals surface area contributed by atoms with Crippen LogP contribution in [-0.4, -0.2) is 26.9 Å². The molecule has 2 heterocycles. The average Bonchev–Trinajstić information content (AvgIpc) is 3.25. The van der Waals surface area contributed by atoms with Gasteiger partial charge in [0.25, 0.3) is 0 Å². The molecule has 5 nitrogen and oxygen atoms in total. The number of H-pyrrole nitrogens is 1. The number of rotatable bonds is 2. The number of aromatic amines is 1. The van der Waals surface area contributed by atoms with Crippen LogP contribution in [0.25, 0.3) is 11.0 Å². The number of imidazole rings is 1. The highest BCUT2D eigenvalue weighted by Crippen LogP contribution is 2.57. The maximum atomic E-state index is 13.3. The van der Waals surface area contributed by atoms with Gasteiger partial charge in [-0.3, -0.25) is 9.80 Å². The van der Waals surface area contributed by atoms with Gasteiger partial charge in [-0.1, -0.05) is 31.4 Å². The Kier molecular flexibility index (Phi) is 3.62. The molecule has 27 heavy (non-hydrogen) atoms. The van der Waals surface area contributed by atoms with E-state index in [-0.39, 0.29) is 5.92 Å². The number of nitrogens with zero attached hydrogens (tertiary/aromatic N) is 2. The minimum atomic E-state index is 0.227. The Bertz CT molecular complexity index is 843. The fraction of sp³-hybridized carbons (Fsp3) is 0.636. The molecule has 142 valence electrons. The summed E-state index contributed by atoms with van der Waals surface area (Å²) < 4.78 is 0. The van der Waals surface area contributed by atoms with E-state index in [4.69, 9.17) is 4.98 Å². The van der Waals surface area contributed by atoms with Gasteiger partial charge in [0, 0.05) is 12.0 Å². The van der Waals surface area contributed by atoms with Crippen molar-refractivity contribution in [3.05, 3.63) is 30.1 Å². The van der Waals surface area contributed by atoms with E-state index in [1.165, 1.54) is 38.5 Å². The van der Waals surface area contributed by atoms with Crippen LogP contribution in [0.15, 0.2) is 24.3 Å². The quantitative estimate of drug-likeness (QED) is 0.855. The van der Waals surface area contributed by atoms with Gasteiger partial charge in [0.05, 0.1) is 17.6 Å². The normalized spacial score (nSPS) is 38.1. The minimum Gasteiger partial charge on any atom is -0.340 e. The zero-order valence-electron chi connectivity index (χ0n) is 15.7.